The molecule has 0 fully saturated rings. The molecule has 0 amide bonds. The van der Waals surface area contributed by atoms with Gasteiger partial charge >= 0.3 is 0 Å². The molecule has 0 bridgehead atoms. The van der Waals surface area contributed by atoms with Crippen molar-refractivity contribution in [2.24, 2.45) is 5.92 Å². The monoisotopic (exact) mass is 490 g/mol. The molecule has 3 aromatic heterocycles. The maximum absolute atomic E-state index is 11.4. The number of nitrogens with one attached hydrogen (secondary N) is 1. The maximum Gasteiger partial charge on any atom is 0.165 e. The standard InChI is InChI=1S/C26H34N6O2Si/c1-19(2)23(17-33)29-24-10-12-32-26(30-24)22(16-28-32)20-6-8-21(9-7-20)25-27-11-13-31(25)18-34-14-15-35(3,4)5/h6-13,16-17,19,23H,14-15,18H2,1-5H3,(H,29,30). The molecule has 184 valence electrons. The van der Waals surface area contributed by atoms with E-state index in [-0.39, 0.29) is 12.0 Å². The number of ether oxygens (including phenoxy) is 1. The highest BCUT2D eigenvalue weighted by atomic mass is 28.3. The zero-order valence-electron chi connectivity index (χ0n) is 21.1. The van der Waals surface area contributed by atoms with Crippen LogP contribution in [0.2, 0.25) is 25.7 Å². The fourth-order valence-electron chi connectivity index (χ4n) is 3.70. The largest absolute Gasteiger partial charge is 0.361 e. The number of carbonyl (C=O) groups is 1. The molecule has 0 spiro atoms. The molecule has 0 radical (unpaired) electrons. The Hall–Kier alpha value is -3.30. The van der Waals surface area contributed by atoms with Crippen molar-refractivity contribution in [1.29, 1.82) is 0 Å². The summed E-state index contributed by atoms with van der Waals surface area (Å²) in [6, 6.07) is 10.9. The van der Waals surface area contributed by atoms with E-state index in [2.05, 4.69) is 59.3 Å². The summed E-state index contributed by atoms with van der Waals surface area (Å²) in [5.74, 6) is 1.70. The molecule has 1 aromatic carbocycles. The summed E-state index contributed by atoms with van der Waals surface area (Å²) in [7, 11) is -1.11. The molecular weight excluding hydrogens is 456 g/mol. The number of imidazole rings is 1. The normalized spacial score (nSPS) is 12.9. The van der Waals surface area contributed by atoms with Crippen molar-refractivity contribution in [3.63, 3.8) is 0 Å². The van der Waals surface area contributed by atoms with E-state index in [0.717, 1.165) is 47.1 Å². The minimum atomic E-state index is -1.11. The summed E-state index contributed by atoms with van der Waals surface area (Å²) in [5.41, 5.74) is 3.68. The van der Waals surface area contributed by atoms with Crippen LogP contribution in [0.4, 0.5) is 5.82 Å². The fourth-order valence-corrected chi connectivity index (χ4v) is 4.45. The van der Waals surface area contributed by atoms with Gasteiger partial charge in [-0.25, -0.2) is 14.5 Å². The third kappa shape index (κ3) is 6.04. The predicted octanol–water partition coefficient (Wildman–Crippen LogP) is 5.21. The second kappa shape index (κ2) is 10.5. The first kappa shape index (κ1) is 24.8. The molecule has 3 heterocycles. The van der Waals surface area contributed by atoms with Gasteiger partial charge in [-0.3, -0.25) is 0 Å². The van der Waals surface area contributed by atoms with Crippen LogP contribution in [0.3, 0.4) is 0 Å². The van der Waals surface area contributed by atoms with E-state index in [1.807, 2.05) is 43.1 Å². The Morgan fingerprint density at radius 2 is 1.83 bits per heavy atom. The Labute approximate surface area is 207 Å². The number of nitrogens with zero attached hydrogens (tertiary/aromatic N) is 5. The fraction of sp³-hybridized carbons (Fsp3) is 0.385. The average Bonchev–Trinajstić information content (AvgIpc) is 3.46. The number of fused-ring (bicyclic) bond motifs is 1. The SMILES string of the molecule is CC(C)C(C=O)Nc1ccn2ncc(-c3ccc(-c4nccn4COCC[Si](C)(C)C)cc3)c2n1. The van der Waals surface area contributed by atoms with Crippen molar-refractivity contribution >= 4 is 25.8 Å². The van der Waals surface area contributed by atoms with Gasteiger partial charge in [-0.1, -0.05) is 57.8 Å². The Balaban J connectivity index is 1.52. The number of benzene rings is 1. The second-order valence-corrected chi connectivity index (χ2v) is 16.0. The van der Waals surface area contributed by atoms with Crippen LogP contribution in [-0.4, -0.2) is 51.2 Å². The molecule has 1 atom stereocenters. The van der Waals surface area contributed by atoms with Crippen molar-refractivity contribution < 1.29 is 9.53 Å². The lowest BCUT2D eigenvalue weighted by atomic mass is 10.1. The molecule has 0 aliphatic carbocycles. The molecule has 0 aliphatic heterocycles. The number of aldehydes is 1. The minimum absolute atomic E-state index is 0.167. The quantitative estimate of drug-likeness (QED) is 0.176. The summed E-state index contributed by atoms with van der Waals surface area (Å²) in [4.78, 5) is 20.7. The Kier molecular flexibility index (Phi) is 7.47. The topological polar surface area (TPSA) is 86.3 Å². The third-order valence-corrected chi connectivity index (χ3v) is 7.65. The average molecular weight is 491 g/mol. The Bertz CT molecular complexity index is 1270. The number of hydrogen-bond donors (Lipinski definition) is 1. The highest BCUT2D eigenvalue weighted by Gasteiger charge is 2.15. The summed E-state index contributed by atoms with van der Waals surface area (Å²) in [6.07, 6.45) is 8.34. The van der Waals surface area contributed by atoms with Gasteiger partial charge in [-0.15, -0.1) is 0 Å². The minimum Gasteiger partial charge on any atom is -0.361 e. The van der Waals surface area contributed by atoms with E-state index in [4.69, 9.17) is 9.72 Å². The van der Waals surface area contributed by atoms with Crippen molar-refractivity contribution in [1.82, 2.24) is 24.1 Å². The van der Waals surface area contributed by atoms with Crippen LogP contribution >= 0.6 is 0 Å². The highest BCUT2D eigenvalue weighted by molar-refractivity contribution is 6.76. The van der Waals surface area contributed by atoms with Crippen LogP contribution in [0.1, 0.15) is 13.8 Å². The van der Waals surface area contributed by atoms with E-state index in [9.17, 15) is 4.79 Å². The molecule has 1 N–H and O–H groups in total. The first-order valence-electron chi connectivity index (χ1n) is 12.0. The smallest absolute Gasteiger partial charge is 0.165 e. The molecule has 0 aliphatic rings. The number of hydrogen-bond acceptors (Lipinski definition) is 6. The van der Waals surface area contributed by atoms with Crippen LogP contribution in [0.25, 0.3) is 28.2 Å². The van der Waals surface area contributed by atoms with E-state index < -0.39 is 8.07 Å². The maximum atomic E-state index is 11.4. The molecule has 9 heteroatoms. The molecule has 4 aromatic rings. The van der Waals surface area contributed by atoms with Gasteiger partial charge in [0.1, 0.15) is 24.7 Å². The molecular formula is C26H34N6O2Si. The van der Waals surface area contributed by atoms with Gasteiger partial charge in [-0.05, 0) is 23.6 Å². The first-order valence-corrected chi connectivity index (χ1v) is 15.7. The summed E-state index contributed by atoms with van der Waals surface area (Å²) >= 11 is 0. The van der Waals surface area contributed by atoms with Crippen LogP contribution < -0.4 is 5.32 Å². The molecule has 35 heavy (non-hydrogen) atoms. The predicted molar refractivity (Wildman–Crippen MR) is 142 cm³/mol. The second-order valence-electron chi connectivity index (χ2n) is 10.3. The number of anilines is 1. The summed E-state index contributed by atoms with van der Waals surface area (Å²) in [6.45, 7) is 12.3. The van der Waals surface area contributed by atoms with E-state index in [1.165, 1.54) is 0 Å². The number of aromatic nitrogens is 5. The molecule has 4 rings (SSSR count). The molecule has 8 nitrogen and oxygen atoms in total. The van der Waals surface area contributed by atoms with Gasteiger partial charge in [0.2, 0.25) is 0 Å². The van der Waals surface area contributed by atoms with Gasteiger partial charge in [0.25, 0.3) is 0 Å². The van der Waals surface area contributed by atoms with Crippen LogP contribution in [0, 0.1) is 5.92 Å². The van der Waals surface area contributed by atoms with Crippen LogP contribution in [0.15, 0.2) is 55.1 Å². The lowest BCUT2D eigenvalue weighted by Gasteiger charge is -2.16. The Morgan fingerprint density at radius 3 is 2.51 bits per heavy atom. The van der Waals surface area contributed by atoms with Crippen molar-refractivity contribution in [3.8, 4) is 22.5 Å². The van der Waals surface area contributed by atoms with Gasteiger partial charge in [0.15, 0.2) is 5.65 Å². The molecule has 1 unspecified atom stereocenters. The number of carbonyl (C=O) groups excluding carboxylic acids is 1. The van der Waals surface area contributed by atoms with Crippen LogP contribution in [0.5, 0.6) is 0 Å². The van der Waals surface area contributed by atoms with Gasteiger partial charge in [0, 0.05) is 44.4 Å². The van der Waals surface area contributed by atoms with Gasteiger partial charge in [-0.2, -0.15) is 5.10 Å². The Morgan fingerprint density at radius 1 is 1.09 bits per heavy atom. The van der Waals surface area contributed by atoms with E-state index in [0.29, 0.717) is 12.5 Å². The molecule has 0 saturated carbocycles. The summed E-state index contributed by atoms with van der Waals surface area (Å²) in [5, 5.41) is 7.65. The highest BCUT2D eigenvalue weighted by Crippen LogP contribution is 2.27. The zero-order valence-corrected chi connectivity index (χ0v) is 22.1. The third-order valence-electron chi connectivity index (χ3n) is 5.94. The first-order chi connectivity index (χ1) is 16.7. The van der Waals surface area contributed by atoms with Crippen LogP contribution in [-0.2, 0) is 16.3 Å². The van der Waals surface area contributed by atoms with E-state index >= 15 is 0 Å². The zero-order chi connectivity index (χ0) is 25.0. The van der Waals surface area contributed by atoms with Crippen molar-refractivity contribution in [2.45, 2.75) is 52.3 Å². The lowest BCUT2D eigenvalue weighted by Crippen LogP contribution is -2.27. The number of rotatable bonds is 11. The summed E-state index contributed by atoms with van der Waals surface area (Å²) < 4.78 is 9.69. The lowest BCUT2D eigenvalue weighted by molar-refractivity contribution is -0.109. The van der Waals surface area contributed by atoms with Crippen molar-refractivity contribution in [3.05, 3.63) is 55.1 Å². The van der Waals surface area contributed by atoms with E-state index in [1.54, 1.807) is 10.7 Å². The van der Waals surface area contributed by atoms with Gasteiger partial charge in [0.05, 0.1) is 12.2 Å². The van der Waals surface area contributed by atoms with Gasteiger partial charge < -0.3 is 19.4 Å². The molecule has 0 saturated heterocycles. The van der Waals surface area contributed by atoms with Crippen molar-refractivity contribution in [2.75, 3.05) is 11.9 Å².